The van der Waals surface area contributed by atoms with E-state index in [4.69, 9.17) is 0 Å². The molecule has 4 rings (SSSR count). The van der Waals surface area contributed by atoms with Gasteiger partial charge in [-0.3, -0.25) is 4.79 Å². The van der Waals surface area contributed by atoms with E-state index in [9.17, 15) is 15.0 Å². The molecular weight excluding hydrogens is 298 g/mol. The summed E-state index contributed by atoms with van der Waals surface area (Å²) in [7, 11) is 0. The number of fused-ring (bicyclic) bond motifs is 2. The first-order valence-corrected chi connectivity index (χ1v) is 7.65. The number of hydrogen-bond acceptors (Lipinski definition) is 5. The summed E-state index contributed by atoms with van der Waals surface area (Å²) in [5.41, 5.74) is 2.70. The Morgan fingerprint density at radius 2 is 1.77 bits per heavy atom. The predicted octanol–water partition coefficient (Wildman–Crippen LogP) is 3.36. The van der Waals surface area contributed by atoms with Crippen LogP contribution in [0, 0.1) is 0 Å². The lowest BCUT2D eigenvalue weighted by atomic mass is 9.83. The van der Waals surface area contributed by atoms with Gasteiger partial charge in [-0.1, -0.05) is 12.1 Å². The van der Waals surface area contributed by atoms with Crippen molar-refractivity contribution in [2.24, 2.45) is 0 Å². The number of aromatic nitrogens is 1. The molecule has 1 heterocycles. The number of carbonyl (C=O) groups excluding carboxylic acids is 1. The predicted molar refractivity (Wildman–Crippen MR) is 83.6 cm³/mol. The van der Waals surface area contributed by atoms with Crippen LogP contribution in [0.3, 0.4) is 0 Å². The molecule has 2 N–H and O–H groups in total. The van der Waals surface area contributed by atoms with Gasteiger partial charge < -0.3 is 10.2 Å². The number of rotatable bonds is 1. The molecule has 1 aromatic heterocycles. The average molecular weight is 309 g/mol. The zero-order chi connectivity index (χ0) is 15.3. The molecule has 0 saturated heterocycles. The molecule has 0 saturated carbocycles. The van der Waals surface area contributed by atoms with Crippen LogP contribution in [0.2, 0.25) is 0 Å². The second kappa shape index (κ2) is 4.68. The molecule has 1 aliphatic carbocycles. The summed E-state index contributed by atoms with van der Waals surface area (Å²) >= 11 is 1.42. The van der Waals surface area contributed by atoms with Crippen LogP contribution < -0.4 is 0 Å². The highest BCUT2D eigenvalue weighted by Gasteiger charge is 2.28. The molecule has 2 aromatic carbocycles. The number of phenolic OH excluding ortho intramolecular Hbond substituents is 2. The van der Waals surface area contributed by atoms with Gasteiger partial charge in [-0.15, -0.1) is 11.3 Å². The topological polar surface area (TPSA) is 70.4 Å². The van der Waals surface area contributed by atoms with Gasteiger partial charge in [0.05, 0.1) is 5.56 Å². The van der Waals surface area contributed by atoms with Gasteiger partial charge in [-0.05, 0) is 18.2 Å². The number of carbonyl (C=O) groups is 1. The van der Waals surface area contributed by atoms with Crippen molar-refractivity contribution in [3.05, 3.63) is 64.2 Å². The fraction of sp³-hybridized carbons (Fsp3) is 0.0588. The summed E-state index contributed by atoms with van der Waals surface area (Å²) in [6.07, 6.45) is 2.00. The summed E-state index contributed by atoms with van der Waals surface area (Å²) in [6, 6.07) is 8.35. The molecule has 0 spiro atoms. The third-order valence-electron chi connectivity index (χ3n) is 3.94. The zero-order valence-electron chi connectivity index (χ0n) is 11.4. The van der Waals surface area contributed by atoms with Crippen LogP contribution in [0.15, 0.2) is 41.9 Å². The molecule has 0 bridgehead atoms. The van der Waals surface area contributed by atoms with Gasteiger partial charge in [-0.25, -0.2) is 4.98 Å². The van der Waals surface area contributed by atoms with E-state index in [2.05, 4.69) is 4.98 Å². The highest BCUT2D eigenvalue weighted by molar-refractivity contribution is 7.13. The van der Waals surface area contributed by atoms with Crippen molar-refractivity contribution in [3.63, 3.8) is 0 Å². The fourth-order valence-corrected chi connectivity index (χ4v) is 3.52. The van der Waals surface area contributed by atoms with E-state index in [1.807, 2.05) is 5.38 Å². The van der Waals surface area contributed by atoms with Crippen LogP contribution in [0.4, 0.5) is 0 Å². The minimum absolute atomic E-state index is 0.0645. The highest BCUT2D eigenvalue weighted by Crippen LogP contribution is 2.41. The smallest absolute Gasteiger partial charge is 0.193 e. The van der Waals surface area contributed by atoms with Crippen LogP contribution in [-0.2, 0) is 6.42 Å². The van der Waals surface area contributed by atoms with Gasteiger partial charge in [-0.2, -0.15) is 0 Å². The Bertz CT molecular complexity index is 901. The molecule has 1 aliphatic rings. The summed E-state index contributed by atoms with van der Waals surface area (Å²) in [5.74, 6) is -0.0293. The normalized spacial score (nSPS) is 12.8. The van der Waals surface area contributed by atoms with E-state index in [-0.39, 0.29) is 17.3 Å². The molecule has 3 aromatic rings. The molecule has 108 valence electrons. The zero-order valence-corrected chi connectivity index (χ0v) is 12.2. The lowest BCUT2D eigenvalue weighted by Gasteiger charge is -2.21. The molecular formula is C17H11NO3S. The standard InChI is InChI=1S/C17H11NO3S/c19-14-3-1-2-9-12(14)8-13-10(15(9)20)4-5-11(16(13)21)17-18-6-7-22-17/h1-7,19,21H,8H2. The molecule has 22 heavy (non-hydrogen) atoms. The van der Waals surface area contributed by atoms with Crippen molar-refractivity contribution >= 4 is 17.1 Å². The van der Waals surface area contributed by atoms with Crippen LogP contribution in [-0.4, -0.2) is 21.0 Å². The number of hydrogen-bond donors (Lipinski definition) is 2. The second-order valence-corrected chi connectivity index (χ2v) is 6.03. The van der Waals surface area contributed by atoms with Crippen molar-refractivity contribution in [1.29, 1.82) is 0 Å². The number of nitrogens with zero attached hydrogens (tertiary/aromatic N) is 1. The third kappa shape index (κ3) is 1.76. The Labute approximate surface area is 130 Å². The Hall–Kier alpha value is -2.66. The van der Waals surface area contributed by atoms with Crippen molar-refractivity contribution in [2.45, 2.75) is 6.42 Å². The van der Waals surface area contributed by atoms with Crippen molar-refractivity contribution in [3.8, 4) is 22.1 Å². The quantitative estimate of drug-likeness (QED) is 0.565. The Morgan fingerprint density at radius 3 is 2.55 bits per heavy atom. The Kier molecular flexibility index (Phi) is 2.77. The number of benzene rings is 2. The lowest BCUT2D eigenvalue weighted by Crippen LogP contribution is -2.15. The lowest BCUT2D eigenvalue weighted by molar-refractivity contribution is 0.103. The minimum atomic E-state index is -0.173. The largest absolute Gasteiger partial charge is 0.508 e. The van der Waals surface area contributed by atoms with Crippen LogP contribution in [0.1, 0.15) is 27.0 Å². The van der Waals surface area contributed by atoms with E-state index in [0.717, 1.165) is 0 Å². The van der Waals surface area contributed by atoms with Gasteiger partial charge in [0.1, 0.15) is 16.5 Å². The average Bonchev–Trinajstić information content (AvgIpc) is 3.04. The highest BCUT2D eigenvalue weighted by atomic mass is 32.1. The maximum atomic E-state index is 12.6. The van der Waals surface area contributed by atoms with Crippen molar-refractivity contribution < 1.29 is 15.0 Å². The maximum Gasteiger partial charge on any atom is 0.193 e. The van der Waals surface area contributed by atoms with Gasteiger partial charge >= 0.3 is 0 Å². The number of ketones is 1. The van der Waals surface area contributed by atoms with Crippen LogP contribution >= 0.6 is 11.3 Å². The van der Waals surface area contributed by atoms with E-state index < -0.39 is 0 Å². The molecule has 0 radical (unpaired) electrons. The Balaban J connectivity index is 1.93. The monoisotopic (exact) mass is 309 g/mol. The van der Waals surface area contributed by atoms with Crippen molar-refractivity contribution in [1.82, 2.24) is 4.98 Å². The number of thiazole rings is 1. The third-order valence-corrected chi connectivity index (χ3v) is 4.75. The molecule has 0 amide bonds. The maximum absolute atomic E-state index is 12.6. The molecule has 0 unspecified atom stereocenters. The summed E-state index contributed by atoms with van der Waals surface area (Å²) in [5, 5.41) is 23.1. The second-order valence-electron chi connectivity index (χ2n) is 5.13. The van der Waals surface area contributed by atoms with Crippen LogP contribution in [0.5, 0.6) is 11.5 Å². The minimum Gasteiger partial charge on any atom is -0.508 e. The number of phenols is 2. The molecule has 4 nitrogen and oxygen atoms in total. The number of aromatic hydroxyl groups is 2. The molecule has 0 fully saturated rings. The Morgan fingerprint density at radius 1 is 1.00 bits per heavy atom. The fourth-order valence-electron chi connectivity index (χ4n) is 2.85. The van der Waals surface area contributed by atoms with Gasteiger partial charge in [0.2, 0.25) is 0 Å². The first-order valence-electron chi connectivity index (χ1n) is 6.77. The SMILES string of the molecule is O=C1c2cccc(O)c2Cc2c1ccc(-c1nccs1)c2O. The van der Waals surface area contributed by atoms with Gasteiger partial charge in [0, 0.05) is 40.3 Å². The van der Waals surface area contributed by atoms with E-state index in [1.165, 1.54) is 11.3 Å². The first kappa shape index (κ1) is 13.0. The molecule has 5 heteroatoms. The van der Waals surface area contributed by atoms with E-state index >= 15 is 0 Å². The summed E-state index contributed by atoms with van der Waals surface area (Å²) < 4.78 is 0. The van der Waals surface area contributed by atoms with E-state index in [0.29, 0.717) is 39.2 Å². The van der Waals surface area contributed by atoms with E-state index in [1.54, 1.807) is 36.5 Å². The summed E-state index contributed by atoms with van der Waals surface area (Å²) in [4.78, 5) is 16.8. The summed E-state index contributed by atoms with van der Waals surface area (Å²) in [6.45, 7) is 0. The van der Waals surface area contributed by atoms with Crippen LogP contribution in [0.25, 0.3) is 10.6 Å². The van der Waals surface area contributed by atoms with Crippen molar-refractivity contribution in [2.75, 3.05) is 0 Å². The van der Waals surface area contributed by atoms with Gasteiger partial charge in [0.25, 0.3) is 0 Å². The molecule has 0 aliphatic heterocycles. The first-order chi connectivity index (χ1) is 10.7. The molecule has 0 atom stereocenters. The van der Waals surface area contributed by atoms with Gasteiger partial charge in [0.15, 0.2) is 5.78 Å².